The summed E-state index contributed by atoms with van der Waals surface area (Å²) in [5.41, 5.74) is 1.15. The number of nitrogens with one attached hydrogen (secondary N) is 2. The molecule has 0 aliphatic rings. The first-order chi connectivity index (χ1) is 14.0. The van der Waals surface area contributed by atoms with E-state index >= 15 is 0 Å². The number of rotatable bonds is 11. The van der Waals surface area contributed by atoms with Gasteiger partial charge in [-0.1, -0.05) is 12.1 Å². The van der Waals surface area contributed by atoms with Gasteiger partial charge in [0.1, 0.15) is 11.5 Å². The molecule has 9 heteroatoms. The van der Waals surface area contributed by atoms with Gasteiger partial charge in [-0.05, 0) is 49.1 Å². The van der Waals surface area contributed by atoms with E-state index in [1.165, 1.54) is 0 Å². The van der Waals surface area contributed by atoms with E-state index < -0.39 is 12.6 Å². The van der Waals surface area contributed by atoms with E-state index in [1.807, 2.05) is 36.4 Å². The van der Waals surface area contributed by atoms with E-state index in [1.54, 1.807) is 13.4 Å². The molecule has 0 unspecified atom stereocenters. The molecule has 0 aliphatic heterocycles. The summed E-state index contributed by atoms with van der Waals surface area (Å²) >= 11 is 0. The third-order valence-corrected chi connectivity index (χ3v) is 4.25. The molecule has 1 heterocycles. The first-order valence-corrected chi connectivity index (χ1v) is 9.70. The van der Waals surface area contributed by atoms with Crippen molar-refractivity contribution in [1.29, 1.82) is 0 Å². The Morgan fingerprint density at radius 3 is 2.33 bits per heavy atom. The molecule has 0 spiro atoms. The van der Waals surface area contributed by atoms with E-state index in [-0.39, 0.29) is 30.4 Å². The van der Waals surface area contributed by atoms with Crippen LogP contribution in [0.4, 0.5) is 13.2 Å². The summed E-state index contributed by atoms with van der Waals surface area (Å²) in [6, 6.07) is 11.5. The number of guanidine groups is 1. The third kappa shape index (κ3) is 11.3. The molecule has 168 valence electrons. The Bertz CT molecular complexity index is 720. The molecule has 1 aromatic heterocycles. The molecule has 0 saturated carbocycles. The van der Waals surface area contributed by atoms with Gasteiger partial charge in [-0.15, -0.1) is 24.0 Å². The number of aliphatic imine (C=N–C) groups is 1. The zero-order valence-electron chi connectivity index (χ0n) is 17.0. The summed E-state index contributed by atoms with van der Waals surface area (Å²) in [5, 5.41) is 6.45. The van der Waals surface area contributed by atoms with Crippen LogP contribution in [0.2, 0.25) is 0 Å². The van der Waals surface area contributed by atoms with Gasteiger partial charge >= 0.3 is 6.18 Å². The molecule has 0 radical (unpaired) electrons. The second kappa shape index (κ2) is 14.2. The number of unbranched alkanes of at least 4 members (excludes halogenated alkanes) is 1. The molecule has 2 N–H and O–H groups in total. The molecule has 0 aliphatic carbocycles. The predicted octanol–water partition coefficient (Wildman–Crippen LogP) is 4.96. The van der Waals surface area contributed by atoms with Crippen LogP contribution in [0.25, 0.3) is 0 Å². The number of ether oxygens (including phenoxy) is 1. The lowest BCUT2D eigenvalue weighted by atomic mass is 10.1. The SMILES string of the molecule is COc1ccc(CCNC(=NCCCCC(F)(F)F)NCCc2ccco2)cc1.I. The summed E-state index contributed by atoms with van der Waals surface area (Å²) in [4.78, 5) is 4.40. The number of hydrogen-bond donors (Lipinski definition) is 2. The molecule has 0 amide bonds. The van der Waals surface area contributed by atoms with Crippen LogP contribution in [0.3, 0.4) is 0 Å². The van der Waals surface area contributed by atoms with Gasteiger partial charge in [0.2, 0.25) is 0 Å². The van der Waals surface area contributed by atoms with Crippen molar-refractivity contribution in [2.45, 2.75) is 38.3 Å². The van der Waals surface area contributed by atoms with Crippen molar-refractivity contribution in [2.75, 3.05) is 26.7 Å². The molecule has 5 nitrogen and oxygen atoms in total. The lowest BCUT2D eigenvalue weighted by Gasteiger charge is -2.13. The number of nitrogens with zero attached hydrogens (tertiary/aromatic N) is 1. The molecule has 2 aromatic rings. The average Bonchev–Trinajstić information content (AvgIpc) is 3.20. The van der Waals surface area contributed by atoms with E-state index in [0.717, 1.165) is 23.5 Å². The molecule has 0 saturated heterocycles. The number of alkyl halides is 3. The fourth-order valence-electron chi connectivity index (χ4n) is 2.68. The molecule has 30 heavy (non-hydrogen) atoms. The fourth-order valence-corrected chi connectivity index (χ4v) is 2.68. The predicted molar refractivity (Wildman–Crippen MR) is 123 cm³/mol. The highest BCUT2D eigenvalue weighted by molar-refractivity contribution is 14.0. The molecule has 0 atom stereocenters. The molecule has 0 fully saturated rings. The Morgan fingerprint density at radius 1 is 1.03 bits per heavy atom. The lowest BCUT2D eigenvalue weighted by molar-refractivity contribution is -0.135. The number of methoxy groups -OCH3 is 1. The van der Waals surface area contributed by atoms with E-state index in [9.17, 15) is 13.2 Å². The Morgan fingerprint density at radius 2 is 1.73 bits per heavy atom. The summed E-state index contributed by atoms with van der Waals surface area (Å²) < 4.78 is 47.2. The van der Waals surface area contributed by atoms with Crippen LogP contribution in [0.15, 0.2) is 52.1 Å². The maximum Gasteiger partial charge on any atom is 0.389 e. The minimum Gasteiger partial charge on any atom is -0.497 e. The highest BCUT2D eigenvalue weighted by atomic mass is 127. The maximum atomic E-state index is 12.2. The average molecular weight is 539 g/mol. The zero-order valence-corrected chi connectivity index (χ0v) is 19.3. The van der Waals surface area contributed by atoms with Gasteiger partial charge in [0.05, 0.1) is 13.4 Å². The maximum absolute atomic E-state index is 12.2. The Hall–Kier alpha value is -1.91. The van der Waals surface area contributed by atoms with Crippen LogP contribution in [-0.4, -0.2) is 38.9 Å². The molecular weight excluding hydrogens is 510 g/mol. The number of halogens is 4. The summed E-state index contributed by atoms with van der Waals surface area (Å²) in [5.74, 6) is 2.26. The fraction of sp³-hybridized carbons (Fsp3) is 0.476. The minimum atomic E-state index is -4.11. The highest BCUT2D eigenvalue weighted by Gasteiger charge is 2.25. The first-order valence-electron chi connectivity index (χ1n) is 9.70. The lowest BCUT2D eigenvalue weighted by Crippen LogP contribution is -2.39. The van der Waals surface area contributed by atoms with Crippen molar-refractivity contribution < 1.29 is 22.3 Å². The second-order valence-electron chi connectivity index (χ2n) is 6.58. The van der Waals surface area contributed by atoms with Gasteiger partial charge < -0.3 is 19.8 Å². The van der Waals surface area contributed by atoms with E-state index in [2.05, 4.69) is 15.6 Å². The van der Waals surface area contributed by atoms with Crippen LogP contribution < -0.4 is 15.4 Å². The van der Waals surface area contributed by atoms with Crippen LogP contribution >= 0.6 is 24.0 Å². The third-order valence-electron chi connectivity index (χ3n) is 4.25. The molecular formula is C21H29F3IN3O2. The van der Waals surface area contributed by atoms with Gasteiger partial charge in [-0.2, -0.15) is 13.2 Å². The summed E-state index contributed by atoms with van der Waals surface area (Å²) in [7, 11) is 1.63. The van der Waals surface area contributed by atoms with Gasteiger partial charge in [0.25, 0.3) is 0 Å². The van der Waals surface area contributed by atoms with Crippen molar-refractivity contribution in [3.8, 4) is 5.75 Å². The Labute approximate surface area is 192 Å². The topological polar surface area (TPSA) is 58.8 Å². The van der Waals surface area contributed by atoms with Crippen molar-refractivity contribution in [1.82, 2.24) is 10.6 Å². The Balaban J connectivity index is 0.00000450. The molecule has 1 aromatic carbocycles. The van der Waals surface area contributed by atoms with Crippen LogP contribution in [0.1, 0.15) is 30.6 Å². The number of hydrogen-bond acceptors (Lipinski definition) is 3. The zero-order chi connectivity index (χ0) is 21.0. The Kier molecular flexibility index (Phi) is 12.3. The van der Waals surface area contributed by atoms with Crippen LogP contribution in [-0.2, 0) is 12.8 Å². The quantitative estimate of drug-likeness (QED) is 0.184. The first kappa shape index (κ1) is 26.1. The van der Waals surface area contributed by atoms with Gasteiger partial charge in [-0.25, -0.2) is 0 Å². The second-order valence-corrected chi connectivity index (χ2v) is 6.58. The smallest absolute Gasteiger partial charge is 0.389 e. The number of furan rings is 1. The minimum absolute atomic E-state index is 0. The standard InChI is InChI=1S/C21H28F3N3O2.HI/c1-28-18-8-6-17(7-9-18)10-14-26-20(25-13-3-2-12-21(22,23)24)27-15-11-19-5-4-16-29-19;/h4-9,16H,2-3,10-15H2,1H3,(H2,25,26,27);1H. The normalized spacial score (nSPS) is 11.7. The van der Waals surface area contributed by atoms with Crippen LogP contribution in [0, 0.1) is 0 Å². The largest absolute Gasteiger partial charge is 0.497 e. The molecule has 2 rings (SSSR count). The van der Waals surface area contributed by atoms with Crippen molar-refractivity contribution in [2.24, 2.45) is 4.99 Å². The monoisotopic (exact) mass is 539 g/mol. The summed E-state index contributed by atoms with van der Waals surface area (Å²) in [6.07, 6.45) is -1.30. The highest BCUT2D eigenvalue weighted by Crippen LogP contribution is 2.22. The van der Waals surface area contributed by atoms with Gasteiger partial charge in [0, 0.05) is 32.5 Å². The number of benzene rings is 1. The van der Waals surface area contributed by atoms with Crippen molar-refractivity contribution in [3.05, 3.63) is 54.0 Å². The summed E-state index contributed by atoms with van der Waals surface area (Å²) in [6.45, 7) is 1.61. The molecule has 0 bridgehead atoms. The van der Waals surface area contributed by atoms with Gasteiger partial charge in [-0.3, -0.25) is 4.99 Å². The van der Waals surface area contributed by atoms with Crippen LogP contribution in [0.5, 0.6) is 5.75 Å². The van der Waals surface area contributed by atoms with E-state index in [4.69, 9.17) is 9.15 Å². The van der Waals surface area contributed by atoms with E-state index in [0.29, 0.717) is 38.4 Å². The van der Waals surface area contributed by atoms with Crippen molar-refractivity contribution in [3.63, 3.8) is 0 Å². The van der Waals surface area contributed by atoms with Crippen molar-refractivity contribution >= 4 is 29.9 Å². The van der Waals surface area contributed by atoms with Gasteiger partial charge in [0.15, 0.2) is 5.96 Å².